The van der Waals surface area contributed by atoms with E-state index in [9.17, 15) is 9.00 Å². The maximum atomic E-state index is 13.3. The highest BCUT2D eigenvalue weighted by molar-refractivity contribution is 7.93. The Morgan fingerprint density at radius 1 is 1.15 bits per heavy atom. The summed E-state index contributed by atoms with van der Waals surface area (Å²) in [6.45, 7) is 7.83. The molecule has 1 heterocycles. The van der Waals surface area contributed by atoms with Gasteiger partial charge in [-0.15, -0.1) is 4.36 Å². The van der Waals surface area contributed by atoms with Crippen molar-refractivity contribution in [3.05, 3.63) is 48.3 Å². The predicted octanol–water partition coefficient (Wildman–Crippen LogP) is 5.04. The lowest BCUT2D eigenvalue weighted by Gasteiger charge is -2.15. The van der Waals surface area contributed by atoms with Crippen LogP contribution >= 0.6 is 0 Å². The highest BCUT2D eigenvalue weighted by Gasteiger charge is 2.16. The van der Waals surface area contributed by atoms with Gasteiger partial charge in [0.15, 0.2) is 11.5 Å². The van der Waals surface area contributed by atoms with Gasteiger partial charge in [-0.05, 0) is 44.5 Å². The molecule has 0 fully saturated rings. The third-order valence-electron chi connectivity index (χ3n) is 4.89. The number of ether oxygens (including phenoxy) is 3. The summed E-state index contributed by atoms with van der Waals surface area (Å²) in [6, 6.07) is 10.9. The zero-order valence-corrected chi connectivity index (χ0v) is 20.8. The lowest BCUT2D eigenvalue weighted by atomic mass is 10.2. The molecule has 182 valence electrons. The van der Waals surface area contributed by atoms with Crippen LogP contribution in [-0.2, 0) is 21.1 Å². The quantitative estimate of drug-likeness (QED) is 0.448. The maximum absolute atomic E-state index is 13.3. The number of rotatable bonds is 9. The number of hydrogen-bond acceptors (Lipinski definition) is 8. The molecule has 9 nitrogen and oxygen atoms in total. The highest BCUT2D eigenvalue weighted by atomic mass is 32.2. The fraction of sp³-hybridized carbons (Fsp3) is 0.375. The van der Waals surface area contributed by atoms with Crippen molar-refractivity contribution in [2.75, 3.05) is 24.8 Å². The maximum Gasteiger partial charge on any atom is 0.442 e. The monoisotopic (exact) mass is 486 g/mol. The molecule has 1 unspecified atom stereocenters. The average molecular weight is 487 g/mol. The molecular weight excluding hydrogens is 456 g/mol. The molecule has 0 aliphatic heterocycles. The normalized spacial score (nSPS) is 12.8. The Morgan fingerprint density at radius 2 is 1.94 bits per heavy atom. The highest BCUT2D eigenvalue weighted by Crippen LogP contribution is 2.34. The number of nitrogens with one attached hydrogen (secondary N) is 1. The van der Waals surface area contributed by atoms with Crippen LogP contribution in [0.15, 0.2) is 52.0 Å². The average Bonchev–Trinajstić information content (AvgIpc) is 2.82. The molecule has 0 spiro atoms. The van der Waals surface area contributed by atoms with Crippen LogP contribution in [0.1, 0.15) is 33.3 Å². The lowest BCUT2D eigenvalue weighted by Crippen LogP contribution is -2.11. The van der Waals surface area contributed by atoms with Crippen molar-refractivity contribution in [1.82, 2.24) is 9.97 Å². The summed E-state index contributed by atoms with van der Waals surface area (Å²) < 4.78 is 33.5. The molecule has 2 aromatic carbocycles. The standard InChI is InChI=1S/C24H30N4O5S/c1-6-32-24(29)28-34(30,7-2)18-10-8-9-17(11-18)14-33-22-13-20-19(12-21(22)31-5)23(26-15-25-20)27-16(3)4/h8-13,15-16H,6-7,14H2,1-5H3,(H,25,26,27). The lowest BCUT2D eigenvalue weighted by molar-refractivity contribution is 0.164. The third kappa shape index (κ3) is 5.93. The summed E-state index contributed by atoms with van der Waals surface area (Å²) in [5.74, 6) is 1.96. The predicted molar refractivity (Wildman–Crippen MR) is 132 cm³/mol. The van der Waals surface area contributed by atoms with Gasteiger partial charge in [0.25, 0.3) is 0 Å². The van der Waals surface area contributed by atoms with Crippen LogP contribution in [0.4, 0.5) is 10.6 Å². The second kappa shape index (κ2) is 11.1. The van der Waals surface area contributed by atoms with E-state index in [1.807, 2.05) is 26.0 Å². The van der Waals surface area contributed by atoms with E-state index in [1.54, 1.807) is 45.2 Å². The molecule has 34 heavy (non-hydrogen) atoms. The molecule has 1 N–H and O–H groups in total. The van der Waals surface area contributed by atoms with Gasteiger partial charge in [-0.1, -0.05) is 19.1 Å². The van der Waals surface area contributed by atoms with Gasteiger partial charge >= 0.3 is 6.09 Å². The molecule has 0 saturated heterocycles. The Morgan fingerprint density at radius 3 is 2.62 bits per heavy atom. The summed E-state index contributed by atoms with van der Waals surface area (Å²) in [6.07, 6.45) is 0.673. The second-order valence-electron chi connectivity index (χ2n) is 7.70. The first-order valence-electron chi connectivity index (χ1n) is 11.0. The van der Waals surface area contributed by atoms with Gasteiger partial charge in [0.2, 0.25) is 0 Å². The summed E-state index contributed by atoms with van der Waals surface area (Å²) in [5.41, 5.74) is 1.48. The topological polar surface area (TPSA) is 112 Å². The van der Waals surface area contributed by atoms with Crippen molar-refractivity contribution in [1.29, 1.82) is 0 Å². The van der Waals surface area contributed by atoms with Crippen LogP contribution in [0.2, 0.25) is 0 Å². The van der Waals surface area contributed by atoms with Gasteiger partial charge in [0, 0.05) is 28.1 Å². The van der Waals surface area contributed by atoms with Gasteiger partial charge in [0.1, 0.15) is 18.8 Å². The summed E-state index contributed by atoms with van der Waals surface area (Å²) in [4.78, 5) is 21.0. The van der Waals surface area contributed by atoms with E-state index in [0.717, 1.165) is 16.8 Å². The number of anilines is 1. The molecule has 3 rings (SSSR count). The number of methoxy groups -OCH3 is 1. The van der Waals surface area contributed by atoms with Crippen molar-refractivity contribution in [2.24, 2.45) is 4.36 Å². The Balaban J connectivity index is 1.89. The smallest absolute Gasteiger partial charge is 0.442 e. The molecule has 0 saturated carbocycles. The van der Waals surface area contributed by atoms with E-state index in [4.69, 9.17) is 14.2 Å². The molecule has 0 aliphatic rings. The number of fused-ring (bicyclic) bond motifs is 1. The van der Waals surface area contributed by atoms with E-state index < -0.39 is 15.8 Å². The van der Waals surface area contributed by atoms with E-state index >= 15 is 0 Å². The molecular formula is C24H30N4O5S. The van der Waals surface area contributed by atoms with Crippen LogP contribution < -0.4 is 14.8 Å². The number of carbonyl (C=O) groups is 1. The summed E-state index contributed by atoms with van der Waals surface area (Å²) in [7, 11) is -1.37. The molecule has 0 radical (unpaired) electrons. The van der Waals surface area contributed by atoms with Gasteiger partial charge in [-0.2, -0.15) is 0 Å². The number of benzene rings is 2. The van der Waals surface area contributed by atoms with Crippen LogP contribution in [0.5, 0.6) is 11.5 Å². The molecule has 0 aliphatic carbocycles. The molecule has 10 heteroatoms. The summed E-state index contributed by atoms with van der Waals surface area (Å²) in [5, 5.41) is 4.13. The van der Waals surface area contributed by atoms with Gasteiger partial charge < -0.3 is 19.5 Å². The van der Waals surface area contributed by atoms with Gasteiger partial charge in [0.05, 0.1) is 29.0 Å². The Bertz CT molecular complexity index is 1290. The van der Waals surface area contributed by atoms with Crippen LogP contribution in [0.3, 0.4) is 0 Å². The second-order valence-corrected chi connectivity index (χ2v) is 10.2. The fourth-order valence-corrected chi connectivity index (χ4v) is 4.76. The number of hydrogen-bond donors (Lipinski definition) is 1. The van der Waals surface area contributed by atoms with Crippen LogP contribution in [0.25, 0.3) is 10.9 Å². The Kier molecular flexibility index (Phi) is 8.27. The first-order chi connectivity index (χ1) is 16.3. The minimum absolute atomic E-state index is 0.170. The Labute approximate surface area is 200 Å². The zero-order valence-electron chi connectivity index (χ0n) is 20.0. The first-order valence-corrected chi connectivity index (χ1v) is 12.7. The SMILES string of the molecule is CCOC(=O)N=S(=O)(CC)c1cccc(COc2cc3ncnc(NC(C)C)c3cc2OC)c1. The molecule has 1 aromatic heterocycles. The zero-order chi connectivity index (χ0) is 24.7. The van der Waals surface area contributed by atoms with Crippen molar-refractivity contribution in [3.8, 4) is 11.5 Å². The van der Waals surface area contributed by atoms with E-state index in [0.29, 0.717) is 21.9 Å². The molecule has 3 aromatic rings. The van der Waals surface area contributed by atoms with Crippen LogP contribution in [-0.4, -0.2) is 45.8 Å². The fourth-order valence-electron chi connectivity index (χ4n) is 3.27. The number of carbonyl (C=O) groups excluding carboxylic acids is 1. The van der Waals surface area contributed by atoms with Gasteiger partial charge in [-0.25, -0.2) is 19.0 Å². The van der Waals surface area contributed by atoms with Crippen molar-refractivity contribution < 1.29 is 23.2 Å². The number of nitrogens with zero attached hydrogens (tertiary/aromatic N) is 3. The Hall–Kier alpha value is -3.40. The van der Waals surface area contributed by atoms with Crippen molar-refractivity contribution in [2.45, 2.75) is 45.2 Å². The van der Waals surface area contributed by atoms with Gasteiger partial charge in [-0.3, -0.25) is 0 Å². The molecule has 1 atom stereocenters. The first kappa shape index (κ1) is 25.2. The van der Waals surface area contributed by atoms with Crippen LogP contribution in [0, 0.1) is 0 Å². The number of amides is 1. The van der Waals surface area contributed by atoms with Crippen molar-refractivity contribution in [3.63, 3.8) is 0 Å². The third-order valence-corrected chi connectivity index (χ3v) is 7.11. The van der Waals surface area contributed by atoms with Crippen molar-refractivity contribution >= 4 is 32.5 Å². The largest absolute Gasteiger partial charge is 0.493 e. The summed E-state index contributed by atoms with van der Waals surface area (Å²) >= 11 is 0. The minimum atomic E-state index is -2.94. The van der Waals surface area contributed by atoms with E-state index in [1.165, 1.54) is 6.33 Å². The number of aromatic nitrogens is 2. The minimum Gasteiger partial charge on any atom is -0.493 e. The molecule has 0 bridgehead atoms. The van der Waals surface area contributed by atoms with E-state index in [2.05, 4.69) is 19.6 Å². The van der Waals surface area contributed by atoms with E-state index in [-0.39, 0.29) is 25.0 Å². The molecule has 1 amide bonds.